The van der Waals surface area contributed by atoms with E-state index in [2.05, 4.69) is 92.5 Å². The first-order valence-electron chi connectivity index (χ1n) is 9.95. The van der Waals surface area contributed by atoms with Crippen molar-refractivity contribution in [3.8, 4) is 5.82 Å². The van der Waals surface area contributed by atoms with Gasteiger partial charge in [-0.1, -0.05) is 75.3 Å². The van der Waals surface area contributed by atoms with E-state index in [1.54, 1.807) is 0 Å². The topological polar surface area (TPSA) is 42.7 Å². The molecular formula is C22H37N4P. The van der Waals surface area contributed by atoms with Crippen LogP contribution in [0.5, 0.6) is 0 Å². The van der Waals surface area contributed by atoms with Crippen molar-refractivity contribution in [2.24, 2.45) is 0 Å². The van der Waals surface area contributed by atoms with Crippen molar-refractivity contribution in [1.29, 1.82) is 0 Å². The summed E-state index contributed by atoms with van der Waals surface area (Å²) < 4.78 is 2.02. The predicted octanol–water partition coefficient (Wildman–Crippen LogP) is 6.92. The summed E-state index contributed by atoms with van der Waals surface area (Å²) in [5.41, 5.74) is 2.32. The van der Waals surface area contributed by atoms with Crippen molar-refractivity contribution in [2.45, 2.75) is 91.4 Å². The summed E-state index contributed by atoms with van der Waals surface area (Å²) in [5.74, 6) is 2.61. The summed E-state index contributed by atoms with van der Waals surface area (Å²) in [6, 6.07) is 8.40. The summed E-state index contributed by atoms with van der Waals surface area (Å²) in [6.45, 7) is 22.6. The minimum atomic E-state index is -0.468. The van der Waals surface area contributed by atoms with Gasteiger partial charge in [0.05, 0.1) is 5.69 Å². The molecule has 0 spiro atoms. The van der Waals surface area contributed by atoms with Gasteiger partial charge in [0.15, 0.2) is 5.82 Å². The van der Waals surface area contributed by atoms with Gasteiger partial charge in [-0.25, -0.2) is 9.67 Å². The second-order valence-electron chi connectivity index (χ2n) is 9.89. The van der Waals surface area contributed by atoms with Crippen molar-refractivity contribution in [3.63, 3.8) is 0 Å². The van der Waals surface area contributed by atoms with E-state index in [9.17, 15) is 0 Å². The van der Waals surface area contributed by atoms with Gasteiger partial charge >= 0.3 is 0 Å². The second-order valence-corrected chi connectivity index (χ2v) is 13.5. The first-order valence-corrected chi connectivity index (χ1v) is 11.3. The van der Waals surface area contributed by atoms with E-state index in [0.717, 1.165) is 17.3 Å². The molecule has 0 aliphatic rings. The van der Waals surface area contributed by atoms with Crippen LogP contribution in [0.25, 0.3) is 5.82 Å². The van der Waals surface area contributed by atoms with Crippen LogP contribution in [0.4, 0.5) is 5.82 Å². The van der Waals surface area contributed by atoms with Crippen LogP contribution in [-0.2, 0) is 0 Å². The molecule has 0 amide bonds. The van der Waals surface area contributed by atoms with Crippen LogP contribution in [-0.4, -0.2) is 25.1 Å². The van der Waals surface area contributed by atoms with Gasteiger partial charge in [-0.15, -0.1) is 0 Å². The largest absolute Gasteiger partial charge is 0.348 e. The van der Waals surface area contributed by atoms with Gasteiger partial charge in [0.25, 0.3) is 0 Å². The van der Waals surface area contributed by atoms with Crippen molar-refractivity contribution < 1.29 is 0 Å². The summed E-state index contributed by atoms with van der Waals surface area (Å²) in [5, 5.41) is 8.98. The molecule has 150 valence electrons. The minimum Gasteiger partial charge on any atom is -0.348 e. The lowest BCUT2D eigenvalue weighted by Crippen LogP contribution is -2.29. The number of hydrogen-bond donors (Lipinski definition) is 1. The van der Waals surface area contributed by atoms with Crippen LogP contribution in [0, 0.1) is 0 Å². The average molecular weight is 389 g/mol. The summed E-state index contributed by atoms with van der Waals surface area (Å²) in [6.07, 6.45) is 0. The van der Waals surface area contributed by atoms with Crippen molar-refractivity contribution in [3.05, 3.63) is 35.7 Å². The van der Waals surface area contributed by atoms with Gasteiger partial charge in [-0.3, -0.25) is 0 Å². The van der Waals surface area contributed by atoms with Crippen molar-refractivity contribution in [1.82, 2.24) is 14.8 Å². The van der Waals surface area contributed by atoms with Crippen molar-refractivity contribution in [2.75, 3.05) is 5.09 Å². The third-order valence-electron chi connectivity index (χ3n) is 4.46. The third-order valence-corrected chi connectivity index (χ3v) is 7.59. The molecule has 2 rings (SSSR count). The number of rotatable bonds is 5. The second kappa shape index (κ2) is 7.91. The molecule has 4 nitrogen and oxygen atoms in total. The third kappa shape index (κ3) is 5.31. The molecule has 27 heavy (non-hydrogen) atoms. The van der Waals surface area contributed by atoms with Gasteiger partial charge in [0.1, 0.15) is 5.82 Å². The number of pyridine rings is 1. The Labute approximate surface area is 167 Å². The molecular weight excluding hydrogens is 351 g/mol. The van der Waals surface area contributed by atoms with E-state index in [1.807, 2.05) is 10.7 Å². The molecule has 0 aromatic carbocycles. The van der Waals surface area contributed by atoms with E-state index in [4.69, 9.17) is 10.1 Å². The fourth-order valence-corrected chi connectivity index (χ4v) is 6.39. The molecule has 2 aromatic heterocycles. The zero-order valence-electron chi connectivity index (χ0n) is 18.8. The molecule has 2 heterocycles. The highest BCUT2D eigenvalue weighted by Gasteiger charge is 2.35. The highest BCUT2D eigenvalue weighted by atomic mass is 31.1. The maximum Gasteiger partial charge on any atom is 0.156 e. The monoisotopic (exact) mass is 388 g/mol. The van der Waals surface area contributed by atoms with Crippen LogP contribution < -0.4 is 5.09 Å². The van der Waals surface area contributed by atoms with Gasteiger partial charge in [0.2, 0.25) is 0 Å². The lowest BCUT2D eigenvalue weighted by atomic mass is 10.1. The molecule has 0 bridgehead atoms. The predicted molar refractivity (Wildman–Crippen MR) is 120 cm³/mol. The fraction of sp³-hybridized carbons (Fsp3) is 0.636. The first-order chi connectivity index (χ1) is 12.3. The van der Waals surface area contributed by atoms with E-state index >= 15 is 0 Å². The Bertz CT molecular complexity index is 749. The number of nitrogens with zero attached hydrogens (tertiary/aromatic N) is 3. The molecule has 0 atom stereocenters. The Hall–Kier alpha value is -1.41. The lowest BCUT2D eigenvalue weighted by molar-refractivity contribution is 0.701. The quantitative estimate of drug-likeness (QED) is 0.565. The zero-order chi connectivity index (χ0) is 20.6. The maximum atomic E-state index is 4.93. The van der Waals surface area contributed by atoms with Crippen molar-refractivity contribution >= 4 is 13.9 Å². The molecule has 0 aliphatic heterocycles. The molecule has 0 saturated heterocycles. The molecule has 1 N–H and O–H groups in total. The smallest absolute Gasteiger partial charge is 0.156 e. The summed E-state index contributed by atoms with van der Waals surface area (Å²) >= 11 is 0. The van der Waals surface area contributed by atoms with Gasteiger partial charge in [-0.05, 0) is 30.0 Å². The standard InChI is InChI=1S/C22H37N4P/c1-15(2)17-14-18(16(3)4)26(24-17)20-13-11-12-19(23-20)25-27(21(5,6)7)22(8,9)10/h11-16H,1-10H3,(H,23,25). The molecule has 0 fully saturated rings. The van der Waals surface area contributed by atoms with E-state index in [1.165, 1.54) is 5.69 Å². The fourth-order valence-electron chi connectivity index (χ4n) is 3.35. The Morgan fingerprint density at radius 1 is 0.926 bits per heavy atom. The maximum absolute atomic E-state index is 4.93. The Morgan fingerprint density at radius 2 is 1.52 bits per heavy atom. The minimum absolute atomic E-state index is 0.185. The summed E-state index contributed by atoms with van der Waals surface area (Å²) in [7, 11) is -0.468. The molecule has 0 aliphatic carbocycles. The molecule has 0 radical (unpaired) electrons. The highest BCUT2D eigenvalue weighted by Crippen LogP contribution is 2.58. The Kier molecular flexibility index (Phi) is 6.41. The van der Waals surface area contributed by atoms with Crippen LogP contribution in [0.3, 0.4) is 0 Å². The van der Waals surface area contributed by atoms with E-state index < -0.39 is 8.07 Å². The first kappa shape index (κ1) is 21.9. The lowest BCUT2D eigenvalue weighted by Gasteiger charge is -2.41. The normalized spacial score (nSPS) is 13.1. The number of nitrogens with one attached hydrogen (secondary N) is 1. The Morgan fingerprint density at radius 3 is 2.00 bits per heavy atom. The summed E-state index contributed by atoms with van der Waals surface area (Å²) in [4.78, 5) is 4.93. The van der Waals surface area contributed by atoms with Gasteiger partial charge in [0, 0.05) is 24.1 Å². The zero-order valence-corrected chi connectivity index (χ0v) is 19.6. The van der Waals surface area contributed by atoms with E-state index in [-0.39, 0.29) is 10.3 Å². The SMILES string of the molecule is CC(C)c1cc(C(C)C)n(-c2cccc(NP(C(C)(C)C)C(C)(C)C)n2)n1. The van der Waals surface area contributed by atoms with Crippen LogP contribution in [0.15, 0.2) is 24.3 Å². The van der Waals surface area contributed by atoms with Crippen LogP contribution in [0.2, 0.25) is 0 Å². The van der Waals surface area contributed by atoms with Crippen LogP contribution in [0.1, 0.15) is 92.5 Å². The molecule has 5 heteroatoms. The number of hydrogen-bond acceptors (Lipinski definition) is 3. The van der Waals surface area contributed by atoms with Gasteiger partial charge < -0.3 is 5.09 Å². The number of anilines is 1. The Balaban J connectivity index is 2.44. The molecule has 2 aromatic rings. The van der Waals surface area contributed by atoms with Gasteiger partial charge in [-0.2, -0.15) is 5.10 Å². The van der Waals surface area contributed by atoms with E-state index in [0.29, 0.717) is 11.8 Å². The molecule has 0 unspecified atom stereocenters. The highest BCUT2D eigenvalue weighted by molar-refractivity contribution is 7.62. The molecule has 0 saturated carbocycles. The van der Waals surface area contributed by atoms with Crippen LogP contribution >= 0.6 is 8.07 Å². The number of aromatic nitrogens is 3. The average Bonchev–Trinajstić information content (AvgIpc) is 2.96.